The fourth-order valence-corrected chi connectivity index (χ4v) is 9.03. The number of esters is 1. The standard InChI is InChI=1S/C59H61N7O6/c1-58(2,3)36-48(59(4,5)6)57(71)72-31-30-46-37-66(65-64-46)47-34-44-33-45(35-47)56(70)63-52(41-26-17-10-18-27-41)50(39-22-13-8-14-23-39)61-54(68)43-29-19-28-42(32-43)53(67)60-49(38-20-11-7-12-21-38)51(62-55(44)69)40-24-15-9-16-25-40/h7-29,32-35,37,48-52H,30-31,36H2,1-6H3,(H,60,67)(H,61,68)(H,62,69)(H,63,70)/t48?,49-,50-,51-,52-/m1/s1. The van der Waals surface area contributed by atoms with Crippen molar-refractivity contribution in [2.24, 2.45) is 16.7 Å². The zero-order valence-corrected chi connectivity index (χ0v) is 41.5. The molecule has 0 saturated heterocycles. The first-order valence-electron chi connectivity index (χ1n) is 24.3. The molecule has 0 aliphatic carbocycles. The van der Waals surface area contributed by atoms with Gasteiger partial charge in [-0.3, -0.25) is 24.0 Å². The molecule has 0 spiro atoms. The highest BCUT2D eigenvalue weighted by Gasteiger charge is 2.36. The molecule has 0 radical (unpaired) electrons. The minimum atomic E-state index is -0.840. The summed E-state index contributed by atoms with van der Waals surface area (Å²) in [6, 6.07) is 45.2. The van der Waals surface area contributed by atoms with E-state index in [1.54, 1.807) is 36.5 Å². The Morgan fingerprint density at radius 2 is 0.903 bits per heavy atom. The Hall–Kier alpha value is -8.19. The summed E-state index contributed by atoms with van der Waals surface area (Å²) in [7, 11) is 0. The van der Waals surface area contributed by atoms with Crippen LogP contribution in [0.25, 0.3) is 5.69 Å². The third-order valence-electron chi connectivity index (χ3n) is 12.8. The lowest BCUT2D eigenvalue weighted by Crippen LogP contribution is -2.42. The van der Waals surface area contributed by atoms with Gasteiger partial charge in [0, 0.05) is 28.7 Å². The van der Waals surface area contributed by atoms with Gasteiger partial charge in [0.1, 0.15) is 0 Å². The minimum absolute atomic E-state index is 0.0785. The van der Waals surface area contributed by atoms with Gasteiger partial charge in [0.25, 0.3) is 23.6 Å². The Kier molecular flexibility index (Phi) is 15.2. The van der Waals surface area contributed by atoms with E-state index >= 15 is 9.59 Å². The average molecular weight is 964 g/mol. The second kappa shape index (κ2) is 21.8. The van der Waals surface area contributed by atoms with Gasteiger partial charge < -0.3 is 26.0 Å². The Bertz CT molecular complexity index is 2870. The molecule has 7 aromatic rings. The largest absolute Gasteiger partial charge is 0.465 e. The molecule has 1 aromatic heterocycles. The number of rotatable bonds is 10. The van der Waals surface area contributed by atoms with Gasteiger partial charge in [-0.2, -0.15) is 0 Å². The molecule has 6 aromatic carbocycles. The summed E-state index contributed by atoms with van der Waals surface area (Å²) in [6.45, 7) is 12.5. The maximum absolute atomic E-state index is 15.0. The van der Waals surface area contributed by atoms with Crippen LogP contribution in [0, 0.1) is 16.7 Å². The molecule has 368 valence electrons. The van der Waals surface area contributed by atoms with Crippen LogP contribution in [0.5, 0.6) is 0 Å². The molecule has 1 aliphatic heterocycles. The van der Waals surface area contributed by atoms with E-state index in [0.717, 1.165) is 0 Å². The van der Waals surface area contributed by atoms with Gasteiger partial charge in [0.15, 0.2) is 0 Å². The minimum Gasteiger partial charge on any atom is -0.465 e. The van der Waals surface area contributed by atoms with Crippen molar-refractivity contribution in [2.45, 2.75) is 78.6 Å². The number of hydrogen-bond donors (Lipinski definition) is 4. The van der Waals surface area contributed by atoms with Crippen LogP contribution in [-0.2, 0) is 16.0 Å². The topological polar surface area (TPSA) is 173 Å². The highest BCUT2D eigenvalue weighted by atomic mass is 16.5. The Labute approximate surface area is 420 Å². The molecule has 2 heterocycles. The molecular weight excluding hydrogens is 903 g/mol. The summed E-state index contributed by atoms with van der Waals surface area (Å²) >= 11 is 0. The van der Waals surface area contributed by atoms with Gasteiger partial charge in [-0.25, -0.2) is 4.68 Å². The Morgan fingerprint density at radius 3 is 1.28 bits per heavy atom. The van der Waals surface area contributed by atoms with Gasteiger partial charge in [-0.1, -0.05) is 174 Å². The number of carbonyl (C=O) groups is 5. The van der Waals surface area contributed by atoms with Crippen molar-refractivity contribution in [3.63, 3.8) is 0 Å². The summed E-state index contributed by atoms with van der Waals surface area (Å²) in [5, 5.41) is 21.6. The van der Waals surface area contributed by atoms with E-state index in [4.69, 9.17) is 4.74 Å². The van der Waals surface area contributed by atoms with Crippen LogP contribution in [0.1, 0.15) is 142 Å². The van der Waals surface area contributed by atoms with Crippen LogP contribution >= 0.6 is 0 Å². The Morgan fingerprint density at radius 1 is 0.528 bits per heavy atom. The van der Waals surface area contributed by atoms with E-state index in [9.17, 15) is 14.4 Å². The van der Waals surface area contributed by atoms with Crippen molar-refractivity contribution in [3.05, 3.63) is 220 Å². The SMILES string of the molecule is CC(C)(C)CC(C(=O)OCCc1cn(-c2cc3cc(c2)C(=O)N[C@H](c2ccccc2)[C@@H](c2ccccc2)NC(=O)c2cccc(c2)C(=O)N[C@H](c2ccccc2)[C@@H](c2ccccc2)NC3=O)nn1)C(C)(C)C. The smallest absolute Gasteiger partial charge is 0.309 e. The molecule has 13 heteroatoms. The van der Waals surface area contributed by atoms with Crippen molar-refractivity contribution in [3.8, 4) is 5.69 Å². The first-order chi connectivity index (χ1) is 34.5. The fourth-order valence-electron chi connectivity index (χ4n) is 9.03. The number of nitrogens with zero attached hydrogens (tertiary/aromatic N) is 3. The van der Waals surface area contributed by atoms with E-state index in [1.807, 2.05) is 142 Å². The molecule has 72 heavy (non-hydrogen) atoms. The first-order valence-corrected chi connectivity index (χ1v) is 24.3. The number of benzene rings is 6. The number of nitrogens with one attached hydrogen (secondary N) is 4. The molecule has 8 rings (SSSR count). The van der Waals surface area contributed by atoms with E-state index in [1.165, 1.54) is 16.8 Å². The molecule has 1 aliphatic rings. The van der Waals surface area contributed by atoms with Crippen molar-refractivity contribution in [1.82, 2.24) is 36.3 Å². The summed E-state index contributed by atoms with van der Waals surface area (Å²) in [6.07, 6.45) is 2.62. The van der Waals surface area contributed by atoms with Crippen LogP contribution in [0.15, 0.2) is 170 Å². The summed E-state index contributed by atoms with van der Waals surface area (Å²) in [5.74, 6) is -2.59. The number of hydrogen-bond acceptors (Lipinski definition) is 8. The van der Waals surface area contributed by atoms with Gasteiger partial charge >= 0.3 is 5.97 Å². The Balaban J connectivity index is 1.22. The molecule has 13 nitrogen and oxygen atoms in total. The quantitative estimate of drug-likeness (QED) is 0.0981. The van der Waals surface area contributed by atoms with Gasteiger partial charge in [-0.05, 0) is 75.9 Å². The number of aromatic nitrogens is 3. The van der Waals surface area contributed by atoms with E-state index in [-0.39, 0.29) is 58.0 Å². The third-order valence-corrected chi connectivity index (χ3v) is 12.8. The number of ether oxygens (including phenoxy) is 1. The summed E-state index contributed by atoms with van der Waals surface area (Å²) < 4.78 is 7.32. The lowest BCUT2D eigenvalue weighted by molar-refractivity contribution is -0.153. The molecule has 0 saturated carbocycles. The molecule has 4 amide bonds. The predicted molar refractivity (Wildman–Crippen MR) is 276 cm³/mol. The lowest BCUT2D eigenvalue weighted by atomic mass is 9.72. The second-order valence-corrected chi connectivity index (χ2v) is 20.6. The molecule has 5 atom stereocenters. The predicted octanol–water partition coefficient (Wildman–Crippen LogP) is 10.0. The van der Waals surface area contributed by atoms with Crippen LogP contribution in [0.2, 0.25) is 0 Å². The molecule has 0 fully saturated rings. The molecular formula is C59H61N7O6. The van der Waals surface area contributed by atoms with Crippen LogP contribution < -0.4 is 21.3 Å². The monoisotopic (exact) mass is 963 g/mol. The zero-order valence-electron chi connectivity index (χ0n) is 41.5. The zero-order chi connectivity index (χ0) is 51.0. The lowest BCUT2D eigenvalue weighted by Gasteiger charge is -2.33. The third kappa shape index (κ3) is 12.4. The van der Waals surface area contributed by atoms with E-state index < -0.39 is 47.8 Å². The summed E-state index contributed by atoms with van der Waals surface area (Å²) in [5.41, 5.74) is 3.99. The second-order valence-electron chi connectivity index (χ2n) is 20.6. The molecule has 4 bridgehead atoms. The van der Waals surface area contributed by atoms with Crippen molar-refractivity contribution >= 4 is 29.6 Å². The van der Waals surface area contributed by atoms with Crippen LogP contribution in [0.3, 0.4) is 0 Å². The summed E-state index contributed by atoms with van der Waals surface area (Å²) in [4.78, 5) is 72.5. The van der Waals surface area contributed by atoms with Crippen molar-refractivity contribution < 1.29 is 28.7 Å². The normalized spacial score (nSPS) is 18.3. The van der Waals surface area contributed by atoms with Crippen molar-refractivity contribution in [2.75, 3.05) is 6.61 Å². The highest BCUT2D eigenvalue weighted by Crippen LogP contribution is 2.37. The maximum Gasteiger partial charge on any atom is 0.309 e. The van der Waals surface area contributed by atoms with Crippen molar-refractivity contribution in [1.29, 1.82) is 0 Å². The highest BCUT2D eigenvalue weighted by molar-refractivity contribution is 6.02. The van der Waals surface area contributed by atoms with Crippen LogP contribution in [0.4, 0.5) is 0 Å². The van der Waals surface area contributed by atoms with E-state index in [2.05, 4.69) is 52.4 Å². The molecule has 4 N–H and O–H groups in total. The maximum atomic E-state index is 15.0. The average Bonchev–Trinajstić information content (AvgIpc) is 3.86. The number of carbonyl (C=O) groups excluding carboxylic acids is 5. The first kappa shape index (κ1) is 50.2. The van der Waals surface area contributed by atoms with Gasteiger partial charge in [0.05, 0.1) is 54.3 Å². The number of fused-ring (bicyclic) bond motifs is 4. The van der Waals surface area contributed by atoms with Gasteiger partial charge in [0.2, 0.25) is 0 Å². The molecule has 1 unspecified atom stereocenters. The van der Waals surface area contributed by atoms with Gasteiger partial charge in [-0.15, -0.1) is 5.10 Å². The number of amides is 4. The van der Waals surface area contributed by atoms with Crippen LogP contribution in [-0.4, -0.2) is 51.2 Å². The van der Waals surface area contributed by atoms with E-state index in [0.29, 0.717) is 40.1 Å². The fraction of sp³-hybridized carbons (Fsp3) is 0.271.